The van der Waals surface area contributed by atoms with Crippen LogP contribution in [0.3, 0.4) is 0 Å². The molecule has 5 heteroatoms. The minimum Gasteiger partial charge on any atom is -0.383 e. The number of nitrogen functional groups attached to an aromatic ring is 1. The Kier molecular flexibility index (Phi) is 3.10. The lowest BCUT2D eigenvalue weighted by molar-refractivity contribution is 0.684. The van der Waals surface area contributed by atoms with Crippen LogP contribution in [0.1, 0.15) is 17.0 Å². The molecule has 0 unspecified atom stereocenters. The van der Waals surface area contributed by atoms with Gasteiger partial charge in [0.1, 0.15) is 17.8 Å². The van der Waals surface area contributed by atoms with E-state index >= 15 is 0 Å². The van der Waals surface area contributed by atoms with Crippen molar-refractivity contribution in [3.05, 3.63) is 47.7 Å². The maximum absolute atomic E-state index is 5.97. The first-order chi connectivity index (χ1) is 9.68. The zero-order valence-corrected chi connectivity index (χ0v) is 11.7. The predicted molar refractivity (Wildman–Crippen MR) is 79.4 cm³/mol. The van der Waals surface area contributed by atoms with Crippen LogP contribution in [0, 0.1) is 13.8 Å². The summed E-state index contributed by atoms with van der Waals surface area (Å²) in [4.78, 5) is 12.8. The summed E-state index contributed by atoms with van der Waals surface area (Å²) in [5.41, 5.74) is 10.3. The molecule has 3 rings (SSSR count). The Morgan fingerprint density at radius 1 is 1.15 bits per heavy atom. The third-order valence-corrected chi connectivity index (χ3v) is 3.75. The minimum atomic E-state index is 0.548. The molecule has 3 aromatic rings. The summed E-state index contributed by atoms with van der Waals surface area (Å²) < 4.78 is 2.19. The molecule has 102 valence electrons. The van der Waals surface area contributed by atoms with Crippen LogP contribution in [-0.2, 0) is 13.0 Å². The van der Waals surface area contributed by atoms with Gasteiger partial charge in [0, 0.05) is 30.6 Å². The molecule has 0 bridgehead atoms. The highest BCUT2D eigenvalue weighted by molar-refractivity contribution is 5.90. The molecule has 0 atom stereocenters. The van der Waals surface area contributed by atoms with E-state index in [0.717, 1.165) is 35.3 Å². The number of aromatic nitrogens is 4. The number of anilines is 1. The Bertz CT molecular complexity index is 746. The van der Waals surface area contributed by atoms with Crippen LogP contribution in [0.4, 0.5) is 5.82 Å². The molecular formula is C15H17N5. The largest absolute Gasteiger partial charge is 0.383 e. The summed E-state index contributed by atoms with van der Waals surface area (Å²) in [6, 6.07) is 5.98. The van der Waals surface area contributed by atoms with Crippen molar-refractivity contribution < 1.29 is 0 Å². The molecule has 0 aromatic carbocycles. The molecule has 0 fully saturated rings. The molecule has 0 radical (unpaired) electrons. The zero-order chi connectivity index (χ0) is 14.1. The summed E-state index contributed by atoms with van der Waals surface area (Å²) in [5, 5.41) is 0.964. The van der Waals surface area contributed by atoms with Crippen LogP contribution in [0.2, 0.25) is 0 Å². The topological polar surface area (TPSA) is 69.6 Å². The molecule has 5 nitrogen and oxygen atoms in total. The molecule has 2 N–H and O–H groups in total. The normalized spacial score (nSPS) is 11.1. The van der Waals surface area contributed by atoms with Crippen LogP contribution < -0.4 is 5.73 Å². The van der Waals surface area contributed by atoms with Gasteiger partial charge in [0.2, 0.25) is 0 Å². The average molecular weight is 267 g/mol. The molecule has 0 saturated heterocycles. The number of fused-ring (bicyclic) bond motifs is 1. The van der Waals surface area contributed by atoms with E-state index in [1.165, 1.54) is 12.0 Å². The number of hydrogen-bond donors (Lipinski definition) is 1. The lowest BCUT2D eigenvalue weighted by Gasteiger charge is -2.07. The highest BCUT2D eigenvalue weighted by Gasteiger charge is 2.14. The van der Waals surface area contributed by atoms with E-state index in [-0.39, 0.29) is 0 Å². The highest BCUT2D eigenvalue weighted by atomic mass is 15.1. The van der Waals surface area contributed by atoms with Crippen molar-refractivity contribution in [3.8, 4) is 0 Å². The quantitative estimate of drug-likeness (QED) is 0.790. The number of rotatable bonds is 3. The number of nitrogens with zero attached hydrogens (tertiary/aromatic N) is 4. The fourth-order valence-electron chi connectivity index (χ4n) is 2.54. The van der Waals surface area contributed by atoms with Gasteiger partial charge >= 0.3 is 0 Å². The lowest BCUT2D eigenvalue weighted by Crippen LogP contribution is -2.05. The third-order valence-electron chi connectivity index (χ3n) is 3.75. The van der Waals surface area contributed by atoms with E-state index in [4.69, 9.17) is 5.73 Å². The van der Waals surface area contributed by atoms with Gasteiger partial charge < -0.3 is 10.3 Å². The molecule has 0 aliphatic rings. The van der Waals surface area contributed by atoms with E-state index in [2.05, 4.69) is 33.4 Å². The lowest BCUT2D eigenvalue weighted by atomic mass is 10.2. The fraction of sp³-hybridized carbons (Fsp3) is 0.267. The number of aryl methyl sites for hydroxylation is 3. The third kappa shape index (κ3) is 2.01. The second kappa shape index (κ2) is 4.92. The van der Waals surface area contributed by atoms with Crippen LogP contribution >= 0.6 is 0 Å². The molecule has 0 amide bonds. The molecule has 0 spiro atoms. The van der Waals surface area contributed by atoms with Gasteiger partial charge in [0.15, 0.2) is 0 Å². The number of pyridine rings is 1. The van der Waals surface area contributed by atoms with Gasteiger partial charge in [-0.3, -0.25) is 4.98 Å². The molecule has 20 heavy (non-hydrogen) atoms. The Morgan fingerprint density at radius 3 is 2.75 bits per heavy atom. The van der Waals surface area contributed by atoms with Crippen LogP contribution in [0.25, 0.3) is 11.0 Å². The predicted octanol–water partition coefficient (Wildman–Crippen LogP) is 2.27. The fourth-order valence-corrected chi connectivity index (χ4v) is 2.54. The van der Waals surface area contributed by atoms with Crippen LogP contribution in [0.15, 0.2) is 30.7 Å². The van der Waals surface area contributed by atoms with Crippen molar-refractivity contribution >= 4 is 16.9 Å². The Labute approximate surface area is 117 Å². The standard InChI is InChI=1S/C15H17N5/c1-10-11(2)20(8-6-12-5-3-4-7-17-12)15-13(10)14(16)18-9-19-15/h3-5,7,9H,6,8H2,1-2H3,(H2,16,18,19). The van der Waals surface area contributed by atoms with Gasteiger partial charge in [0.05, 0.1) is 5.39 Å². The smallest absolute Gasteiger partial charge is 0.145 e. The summed E-state index contributed by atoms with van der Waals surface area (Å²) in [7, 11) is 0. The van der Waals surface area contributed by atoms with E-state index in [1.54, 1.807) is 0 Å². The van der Waals surface area contributed by atoms with Gasteiger partial charge in [-0.25, -0.2) is 9.97 Å². The van der Waals surface area contributed by atoms with Crippen LogP contribution in [-0.4, -0.2) is 19.5 Å². The van der Waals surface area contributed by atoms with Gasteiger partial charge in [-0.1, -0.05) is 6.07 Å². The summed E-state index contributed by atoms with van der Waals surface area (Å²) in [6.07, 6.45) is 4.21. The maximum Gasteiger partial charge on any atom is 0.145 e. The summed E-state index contributed by atoms with van der Waals surface area (Å²) >= 11 is 0. The summed E-state index contributed by atoms with van der Waals surface area (Å²) in [5.74, 6) is 0.548. The molecule has 0 aliphatic heterocycles. The van der Waals surface area contributed by atoms with Crippen LogP contribution in [0.5, 0.6) is 0 Å². The molecule has 3 heterocycles. The number of nitrogens with two attached hydrogens (primary N) is 1. The van der Waals surface area contributed by atoms with Crippen molar-refractivity contribution in [1.82, 2.24) is 19.5 Å². The first kappa shape index (κ1) is 12.6. The SMILES string of the molecule is Cc1c(C)n(CCc2ccccn2)c2ncnc(N)c12. The monoisotopic (exact) mass is 267 g/mol. The molecule has 0 aliphatic carbocycles. The molecule has 0 saturated carbocycles. The zero-order valence-electron chi connectivity index (χ0n) is 11.7. The second-order valence-electron chi connectivity index (χ2n) is 4.89. The Balaban J connectivity index is 2.00. The van der Waals surface area contributed by atoms with E-state index in [0.29, 0.717) is 5.82 Å². The van der Waals surface area contributed by atoms with Gasteiger partial charge in [0.25, 0.3) is 0 Å². The highest BCUT2D eigenvalue weighted by Crippen LogP contribution is 2.26. The molecule has 3 aromatic heterocycles. The summed E-state index contributed by atoms with van der Waals surface area (Å²) in [6.45, 7) is 4.99. The molecular weight excluding hydrogens is 250 g/mol. The average Bonchev–Trinajstić information content (AvgIpc) is 2.71. The Morgan fingerprint density at radius 2 is 2.00 bits per heavy atom. The van der Waals surface area contributed by atoms with Crippen molar-refractivity contribution in [2.45, 2.75) is 26.8 Å². The van der Waals surface area contributed by atoms with E-state index < -0.39 is 0 Å². The Hall–Kier alpha value is -2.43. The minimum absolute atomic E-state index is 0.548. The van der Waals surface area contributed by atoms with Gasteiger partial charge in [-0.15, -0.1) is 0 Å². The second-order valence-corrected chi connectivity index (χ2v) is 4.89. The van der Waals surface area contributed by atoms with Crippen molar-refractivity contribution in [2.75, 3.05) is 5.73 Å². The maximum atomic E-state index is 5.97. The van der Waals surface area contributed by atoms with E-state index in [9.17, 15) is 0 Å². The van der Waals surface area contributed by atoms with Gasteiger partial charge in [-0.05, 0) is 31.5 Å². The van der Waals surface area contributed by atoms with Crippen molar-refractivity contribution in [2.24, 2.45) is 0 Å². The van der Waals surface area contributed by atoms with Gasteiger partial charge in [-0.2, -0.15) is 0 Å². The first-order valence-corrected chi connectivity index (χ1v) is 6.64. The van der Waals surface area contributed by atoms with Crippen molar-refractivity contribution in [1.29, 1.82) is 0 Å². The first-order valence-electron chi connectivity index (χ1n) is 6.64. The van der Waals surface area contributed by atoms with E-state index in [1.807, 2.05) is 24.4 Å². The number of hydrogen-bond acceptors (Lipinski definition) is 4. The van der Waals surface area contributed by atoms with Crippen molar-refractivity contribution in [3.63, 3.8) is 0 Å².